The predicted molar refractivity (Wildman–Crippen MR) is 84.2 cm³/mol. The molecule has 20 heavy (non-hydrogen) atoms. The van der Waals surface area contributed by atoms with Gasteiger partial charge in [-0.25, -0.2) is 0 Å². The number of hydrogen-bond acceptors (Lipinski definition) is 3. The number of benzene rings is 1. The molecule has 1 fully saturated rings. The van der Waals surface area contributed by atoms with E-state index in [0.717, 1.165) is 30.8 Å². The average molecular weight is 275 g/mol. The highest BCUT2D eigenvalue weighted by Crippen LogP contribution is 2.31. The van der Waals surface area contributed by atoms with Crippen LogP contribution in [-0.4, -0.2) is 32.6 Å². The molecular weight excluding hydrogens is 250 g/mol. The van der Waals surface area contributed by atoms with Crippen molar-refractivity contribution < 1.29 is 4.79 Å². The summed E-state index contributed by atoms with van der Waals surface area (Å²) in [6.45, 7) is 5.22. The molecular formula is C16H25N3O. The molecule has 1 amide bonds. The predicted octanol–water partition coefficient (Wildman–Crippen LogP) is 2.47. The third kappa shape index (κ3) is 3.31. The van der Waals surface area contributed by atoms with Crippen molar-refractivity contribution in [3.05, 3.63) is 24.3 Å². The largest absolute Gasteiger partial charge is 0.378 e. The summed E-state index contributed by atoms with van der Waals surface area (Å²) >= 11 is 0. The quantitative estimate of drug-likeness (QED) is 0.890. The number of carbonyl (C=O) groups is 1. The molecule has 110 valence electrons. The molecule has 1 aliphatic rings. The summed E-state index contributed by atoms with van der Waals surface area (Å²) in [5.41, 5.74) is 1.93. The summed E-state index contributed by atoms with van der Waals surface area (Å²) in [5, 5.41) is 6.38. The van der Waals surface area contributed by atoms with E-state index >= 15 is 0 Å². The highest BCUT2D eigenvalue weighted by Gasteiger charge is 2.37. The van der Waals surface area contributed by atoms with E-state index in [0.29, 0.717) is 0 Å². The number of rotatable bonds is 3. The molecule has 1 unspecified atom stereocenters. The van der Waals surface area contributed by atoms with Gasteiger partial charge in [0.2, 0.25) is 5.91 Å². The molecule has 2 N–H and O–H groups in total. The van der Waals surface area contributed by atoms with Crippen molar-refractivity contribution in [3.63, 3.8) is 0 Å². The van der Waals surface area contributed by atoms with Crippen molar-refractivity contribution >= 4 is 17.3 Å². The summed E-state index contributed by atoms with van der Waals surface area (Å²) in [6.07, 6.45) is 2.21. The number of hydrogen-bond donors (Lipinski definition) is 2. The Bertz CT molecular complexity index is 482. The Morgan fingerprint density at radius 3 is 2.80 bits per heavy atom. The van der Waals surface area contributed by atoms with Crippen LogP contribution in [0.3, 0.4) is 0 Å². The van der Waals surface area contributed by atoms with Crippen LogP contribution in [0.2, 0.25) is 0 Å². The van der Waals surface area contributed by atoms with E-state index in [1.165, 1.54) is 0 Å². The maximum atomic E-state index is 12.5. The molecule has 1 aromatic rings. The zero-order chi connectivity index (χ0) is 14.8. The van der Waals surface area contributed by atoms with E-state index in [2.05, 4.69) is 24.5 Å². The number of amides is 1. The Kier molecular flexibility index (Phi) is 4.33. The molecule has 1 atom stereocenters. The molecule has 1 aromatic carbocycles. The van der Waals surface area contributed by atoms with E-state index in [1.807, 2.05) is 43.3 Å². The molecule has 0 bridgehead atoms. The second kappa shape index (κ2) is 5.83. The van der Waals surface area contributed by atoms with Gasteiger partial charge in [-0.3, -0.25) is 4.79 Å². The lowest BCUT2D eigenvalue weighted by molar-refractivity contribution is -0.121. The molecule has 4 heteroatoms. The standard InChI is InChI=1S/C16H25N3O/c1-16(2)9-6-10-17-14(16)15(20)18-12-7-5-8-13(11-12)19(3)4/h5,7-8,11,14,17H,6,9-10H2,1-4H3,(H,18,20). The van der Waals surface area contributed by atoms with Crippen LogP contribution in [0.4, 0.5) is 11.4 Å². The van der Waals surface area contributed by atoms with Gasteiger partial charge in [-0.15, -0.1) is 0 Å². The first-order chi connectivity index (χ1) is 9.40. The maximum Gasteiger partial charge on any atom is 0.242 e. The van der Waals surface area contributed by atoms with Gasteiger partial charge in [0.1, 0.15) is 0 Å². The number of carbonyl (C=O) groups excluding carboxylic acids is 1. The van der Waals surface area contributed by atoms with Gasteiger partial charge in [0, 0.05) is 25.5 Å². The van der Waals surface area contributed by atoms with Crippen molar-refractivity contribution in [2.75, 3.05) is 30.9 Å². The van der Waals surface area contributed by atoms with E-state index in [9.17, 15) is 4.79 Å². The fourth-order valence-corrected chi connectivity index (χ4v) is 2.73. The first-order valence-corrected chi connectivity index (χ1v) is 7.22. The number of nitrogens with zero attached hydrogens (tertiary/aromatic N) is 1. The van der Waals surface area contributed by atoms with Crippen LogP contribution in [0.15, 0.2) is 24.3 Å². The molecule has 0 radical (unpaired) electrons. The number of piperidine rings is 1. The minimum Gasteiger partial charge on any atom is -0.378 e. The van der Waals surface area contributed by atoms with Crippen molar-refractivity contribution in [2.24, 2.45) is 5.41 Å². The van der Waals surface area contributed by atoms with Gasteiger partial charge in [-0.05, 0) is 43.0 Å². The Hall–Kier alpha value is -1.55. The topological polar surface area (TPSA) is 44.4 Å². The van der Waals surface area contributed by atoms with E-state index < -0.39 is 0 Å². The second-order valence-electron chi connectivity index (χ2n) is 6.41. The Morgan fingerprint density at radius 1 is 1.40 bits per heavy atom. The van der Waals surface area contributed by atoms with Gasteiger partial charge in [0.25, 0.3) is 0 Å². The molecule has 1 saturated heterocycles. The van der Waals surface area contributed by atoms with Crippen LogP contribution in [0, 0.1) is 5.41 Å². The summed E-state index contributed by atoms with van der Waals surface area (Å²) in [7, 11) is 3.99. The smallest absolute Gasteiger partial charge is 0.242 e. The van der Waals surface area contributed by atoms with Gasteiger partial charge in [-0.1, -0.05) is 19.9 Å². The van der Waals surface area contributed by atoms with Crippen LogP contribution in [0.1, 0.15) is 26.7 Å². The lowest BCUT2D eigenvalue weighted by Crippen LogP contribution is -2.53. The average Bonchev–Trinajstić information content (AvgIpc) is 2.38. The fourth-order valence-electron chi connectivity index (χ4n) is 2.73. The van der Waals surface area contributed by atoms with Crippen LogP contribution in [0.25, 0.3) is 0 Å². The monoisotopic (exact) mass is 275 g/mol. The third-order valence-electron chi connectivity index (χ3n) is 4.02. The second-order valence-corrected chi connectivity index (χ2v) is 6.41. The van der Waals surface area contributed by atoms with Crippen molar-refractivity contribution in [1.29, 1.82) is 0 Å². The molecule has 0 spiro atoms. The molecule has 1 aliphatic heterocycles. The van der Waals surface area contributed by atoms with Gasteiger partial charge < -0.3 is 15.5 Å². The van der Waals surface area contributed by atoms with Crippen LogP contribution >= 0.6 is 0 Å². The molecule has 0 saturated carbocycles. The van der Waals surface area contributed by atoms with Crippen molar-refractivity contribution in [3.8, 4) is 0 Å². The van der Waals surface area contributed by atoms with Gasteiger partial charge in [0.05, 0.1) is 6.04 Å². The van der Waals surface area contributed by atoms with E-state index in [1.54, 1.807) is 0 Å². The normalized spacial score (nSPS) is 21.3. The third-order valence-corrected chi connectivity index (χ3v) is 4.02. The Morgan fingerprint density at radius 2 is 2.15 bits per heavy atom. The molecule has 0 aliphatic carbocycles. The SMILES string of the molecule is CN(C)c1cccc(NC(=O)C2NCCCC2(C)C)c1. The maximum absolute atomic E-state index is 12.5. The van der Waals surface area contributed by atoms with Gasteiger partial charge >= 0.3 is 0 Å². The van der Waals surface area contributed by atoms with Crippen LogP contribution < -0.4 is 15.5 Å². The van der Waals surface area contributed by atoms with Gasteiger partial charge in [-0.2, -0.15) is 0 Å². The van der Waals surface area contributed by atoms with E-state index in [4.69, 9.17) is 0 Å². The minimum absolute atomic E-state index is 0.00148. The lowest BCUT2D eigenvalue weighted by atomic mass is 9.77. The van der Waals surface area contributed by atoms with Crippen LogP contribution in [0.5, 0.6) is 0 Å². The molecule has 1 heterocycles. The highest BCUT2D eigenvalue weighted by molar-refractivity contribution is 5.95. The van der Waals surface area contributed by atoms with Crippen LogP contribution in [-0.2, 0) is 4.79 Å². The molecule has 4 nitrogen and oxygen atoms in total. The Balaban J connectivity index is 2.09. The summed E-state index contributed by atoms with van der Waals surface area (Å²) < 4.78 is 0. The highest BCUT2D eigenvalue weighted by atomic mass is 16.2. The fraction of sp³-hybridized carbons (Fsp3) is 0.562. The summed E-state index contributed by atoms with van der Waals surface area (Å²) in [6, 6.07) is 7.79. The van der Waals surface area contributed by atoms with Crippen molar-refractivity contribution in [2.45, 2.75) is 32.7 Å². The zero-order valence-corrected chi connectivity index (χ0v) is 12.9. The summed E-state index contributed by atoms with van der Waals surface area (Å²) in [4.78, 5) is 14.5. The lowest BCUT2D eigenvalue weighted by Gasteiger charge is -2.38. The summed E-state index contributed by atoms with van der Waals surface area (Å²) in [5.74, 6) is 0.0607. The number of nitrogens with one attached hydrogen (secondary N) is 2. The Labute approximate surface area is 121 Å². The van der Waals surface area contributed by atoms with Gasteiger partial charge in [0.15, 0.2) is 0 Å². The minimum atomic E-state index is -0.126. The molecule has 0 aromatic heterocycles. The first-order valence-electron chi connectivity index (χ1n) is 7.22. The molecule has 2 rings (SSSR count). The van der Waals surface area contributed by atoms with E-state index in [-0.39, 0.29) is 17.4 Å². The zero-order valence-electron chi connectivity index (χ0n) is 12.9. The first kappa shape index (κ1) is 14.9. The number of anilines is 2. The van der Waals surface area contributed by atoms with Crippen molar-refractivity contribution in [1.82, 2.24) is 5.32 Å².